The summed E-state index contributed by atoms with van der Waals surface area (Å²) in [6.07, 6.45) is 0.342. The number of aromatic hydroxyl groups is 1. The van der Waals surface area contributed by atoms with E-state index < -0.39 is 0 Å². The molecule has 0 fully saturated rings. The molecular weight excluding hydrogens is 306 g/mol. The predicted octanol–water partition coefficient (Wildman–Crippen LogP) is 2.94. The van der Waals surface area contributed by atoms with Crippen LogP contribution in [0.3, 0.4) is 0 Å². The van der Waals surface area contributed by atoms with Gasteiger partial charge in [0.05, 0.1) is 6.04 Å². The Morgan fingerprint density at radius 1 is 1.21 bits per heavy atom. The van der Waals surface area contributed by atoms with Crippen LogP contribution in [-0.4, -0.2) is 21.9 Å². The molecular formula is C18H21N3O3. The number of amides is 2. The topological polar surface area (TPSA) is 91.3 Å². The standard InChI is InChI=1S/C18H21N3O3/c1-4-17(23)21-16-10-14(9-11(2)19-16)18(24)20-12(3)13-5-7-15(22)8-6-13/h5-10,12,22H,4H2,1-3H3,(H,20,24)(H,19,21,23). The lowest BCUT2D eigenvalue weighted by atomic mass is 10.1. The highest BCUT2D eigenvalue weighted by Crippen LogP contribution is 2.18. The molecule has 2 aromatic rings. The molecule has 1 aromatic heterocycles. The van der Waals surface area contributed by atoms with E-state index in [1.807, 2.05) is 6.92 Å². The summed E-state index contributed by atoms with van der Waals surface area (Å²) < 4.78 is 0. The first-order chi connectivity index (χ1) is 11.4. The molecule has 1 unspecified atom stereocenters. The number of benzene rings is 1. The second kappa shape index (κ2) is 7.59. The van der Waals surface area contributed by atoms with Crippen LogP contribution in [0.25, 0.3) is 0 Å². The van der Waals surface area contributed by atoms with Crippen LogP contribution in [0, 0.1) is 6.92 Å². The summed E-state index contributed by atoms with van der Waals surface area (Å²) in [5.74, 6) is 0.132. The van der Waals surface area contributed by atoms with Crippen molar-refractivity contribution in [2.45, 2.75) is 33.2 Å². The summed E-state index contributed by atoms with van der Waals surface area (Å²) >= 11 is 0. The Balaban J connectivity index is 2.14. The zero-order valence-electron chi connectivity index (χ0n) is 14.0. The molecule has 0 aliphatic rings. The van der Waals surface area contributed by atoms with Gasteiger partial charge >= 0.3 is 0 Å². The summed E-state index contributed by atoms with van der Waals surface area (Å²) in [7, 11) is 0. The Hall–Kier alpha value is -2.89. The minimum Gasteiger partial charge on any atom is -0.508 e. The molecule has 0 saturated carbocycles. The van der Waals surface area contributed by atoms with Crippen molar-refractivity contribution in [3.8, 4) is 5.75 Å². The van der Waals surface area contributed by atoms with Crippen molar-refractivity contribution in [3.05, 3.63) is 53.2 Å². The average Bonchev–Trinajstić information content (AvgIpc) is 2.54. The van der Waals surface area contributed by atoms with E-state index in [1.165, 1.54) is 0 Å². The van der Waals surface area contributed by atoms with E-state index in [0.29, 0.717) is 23.5 Å². The van der Waals surface area contributed by atoms with E-state index in [1.54, 1.807) is 50.2 Å². The number of rotatable bonds is 5. The van der Waals surface area contributed by atoms with E-state index in [-0.39, 0.29) is 23.6 Å². The Morgan fingerprint density at radius 3 is 2.50 bits per heavy atom. The largest absolute Gasteiger partial charge is 0.508 e. The van der Waals surface area contributed by atoms with Gasteiger partial charge in [-0.25, -0.2) is 4.98 Å². The molecule has 6 nitrogen and oxygen atoms in total. The first-order valence-electron chi connectivity index (χ1n) is 7.77. The molecule has 24 heavy (non-hydrogen) atoms. The highest BCUT2D eigenvalue weighted by atomic mass is 16.3. The van der Waals surface area contributed by atoms with E-state index >= 15 is 0 Å². The van der Waals surface area contributed by atoms with Crippen LogP contribution in [0.15, 0.2) is 36.4 Å². The fourth-order valence-electron chi connectivity index (χ4n) is 2.22. The normalized spacial score (nSPS) is 11.6. The van der Waals surface area contributed by atoms with Crippen molar-refractivity contribution in [1.82, 2.24) is 10.3 Å². The molecule has 2 rings (SSSR count). The fourth-order valence-corrected chi connectivity index (χ4v) is 2.22. The second-order valence-electron chi connectivity index (χ2n) is 5.57. The molecule has 6 heteroatoms. The van der Waals surface area contributed by atoms with Gasteiger partial charge in [0.1, 0.15) is 11.6 Å². The quantitative estimate of drug-likeness (QED) is 0.787. The maximum atomic E-state index is 12.5. The molecule has 0 spiro atoms. The molecule has 0 aliphatic heterocycles. The summed E-state index contributed by atoms with van der Waals surface area (Å²) in [5, 5.41) is 14.9. The van der Waals surface area contributed by atoms with Crippen molar-refractivity contribution in [2.24, 2.45) is 0 Å². The lowest BCUT2D eigenvalue weighted by molar-refractivity contribution is -0.115. The van der Waals surface area contributed by atoms with Gasteiger partial charge in [0, 0.05) is 17.7 Å². The fraction of sp³-hybridized carbons (Fsp3) is 0.278. The van der Waals surface area contributed by atoms with Gasteiger partial charge in [-0.1, -0.05) is 19.1 Å². The number of phenolic OH excluding ortho intramolecular Hbond substituents is 1. The van der Waals surface area contributed by atoms with Crippen LogP contribution in [0.5, 0.6) is 5.75 Å². The van der Waals surface area contributed by atoms with Crippen molar-refractivity contribution in [1.29, 1.82) is 0 Å². The number of hydrogen-bond acceptors (Lipinski definition) is 4. The highest BCUT2D eigenvalue weighted by molar-refractivity contribution is 5.96. The molecule has 0 aliphatic carbocycles. The molecule has 3 N–H and O–H groups in total. The van der Waals surface area contributed by atoms with Gasteiger partial charge in [-0.3, -0.25) is 9.59 Å². The van der Waals surface area contributed by atoms with Gasteiger partial charge in [0.2, 0.25) is 5.91 Å². The van der Waals surface area contributed by atoms with Crippen LogP contribution in [0.1, 0.15) is 47.9 Å². The third-order valence-electron chi connectivity index (χ3n) is 3.54. The molecule has 0 bridgehead atoms. The van der Waals surface area contributed by atoms with Gasteiger partial charge in [-0.2, -0.15) is 0 Å². The highest BCUT2D eigenvalue weighted by Gasteiger charge is 2.14. The summed E-state index contributed by atoms with van der Waals surface area (Å²) in [5.41, 5.74) is 1.96. The Bertz CT molecular complexity index is 742. The van der Waals surface area contributed by atoms with Crippen LogP contribution in [0.2, 0.25) is 0 Å². The molecule has 0 saturated heterocycles. The number of carbonyl (C=O) groups is 2. The van der Waals surface area contributed by atoms with E-state index in [9.17, 15) is 14.7 Å². The predicted molar refractivity (Wildman–Crippen MR) is 91.9 cm³/mol. The number of aromatic nitrogens is 1. The monoisotopic (exact) mass is 327 g/mol. The summed E-state index contributed by atoms with van der Waals surface area (Å²) in [4.78, 5) is 28.2. The second-order valence-corrected chi connectivity index (χ2v) is 5.57. The number of pyridine rings is 1. The van der Waals surface area contributed by atoms with Gasteiger partial charge in [0.15, 0.2) is 0 Å². The number of anilines is 1. The van der Waals surface area contributed by atoms with Gasteiger partial charge in [-0.15, -0.1) is 0 Å². The third-order valence-corrected chi connectivity index (χ3v) is 3.54. The number of phenols is 1. The third kappa shape index (κ3) is 4.55. The maximum Gasteiger partial charge on any atom is 0.251 e. The van der Waals surface area contributed by atoms with Crippen LogP contribution >= 0.6 is 0 Å². The molecule has 1 atom stereocenters. The number of aryl methyl sites for hydroxylation is 1. The minimum atomic E-state index is -0.256. The number of nitrogens with one attached hydrogen (secondary N) is 2. The van der Waals surface area contributed by atoms with Gasteiger partial charge in [0.25, 0.3) is 5.91 Å². The zero-order chi connectivity index (χ0) is 17.7. The van der Waals surface area contributed by atoms with E-state index in [2.05, 4.69) is 15.6 Å². The summed E-state index contributed by atoms with van der Waals surface area (Å²) in [6.45, 7) is 5.37. The Kier molecular flexibility index (Phi) is 5.52. The van der Waals surface area contributed by atoms with Crippen molar-refractivity contribution in [3.63, 3.8) is 0 Å². The number of carbonyl (C=O) groups excluding carboxylic acids is 2. The smallest absolute Gasteiger partial charge is 0.251 e. The van der Waals surface area contributed by atoms with Crippen molar-refractivity contribution >= 4 is 17.6 Å². The zero-order valence-corrected chi connectivity index (χ0v) is 14.0. The number of hydrogen-bond donors (Lipinski definition) is 3. The van der Waals surface area contributed by atoms with Crippen LogP contribution in [0.4, 0.5) is 5.82 Å². The lowest BCUT2D eigenvalue weighted by Gasteiger charge is -2.15. The Labute approximate surface area is 140 Å². The van der Waals surface area contributed by atoms with Crippen molar-refractivity contribution < 1.29 is 14.7 Å². The molecule has 1 heterocycles. The van der Waals surface area contributed by atoms with Gasteiger partial charge < -0.3 is 15.7 Å². The Morgan fingerprint density at radius 2 is 1.88 bits per heavy atom. The van der Waals surface area contributed by atoms with Gasteiger partial charge in [-0.05, 0) is 43.7 Å². The van der Waals surface area contributed by atoms with E-state index in [4.69, 9.17) is 0 Å². The SMILES string of the molecule is CCC(=O)Nc1cc(C(=O)NC(C)c2ccc(O)cc2)cc(C)n1. The molecule has 1 aromatic carbocycles. The minimum absolute atomic E-state index is 0.156. The van der Waals surface area contributed by atoms with Crippen molar-refractivity contribution in [2.75, 3.05) is 5.32 Å². The first kappa shape index (κ1) is 17.5. The first-order valence-corrected chi connectivity index (χ1v) is 7.77. The van der Waals surface area contributed by atoms with Crippen LogP contribution in [-0.2, 0) is 4.79 Å². The lowest BCUT2D eigenvalue weighted by Crippen LogP contribution is -2.27. The molecule has 126 valence electrons. The number of nitrogens with zero attached hydrogens (tertiary/aromatic N) is 1. The average molecular weight is 327 g/mol. The molecule has 2 amide bonds. The molecule has 0 radical (unpaired) electrons. The maximum absolute atomic E-state index is 12.5. The van der Waals surface area contributed by atoms with Crippen LogP contribution < -0.4 is 10.6 Å². The van der Waals surface area contributed by atoms with E-state index in [0.717, 1.165) is 5.56 Å². The summed E-state index contributed by atoms with van der Waals surface area (Å²) in [6, 6.07) is 9.66.